The highest BCUT2D eigenvalue weighted by Crippen LogP contribution is 2.34. The van der Waals surface area contributed by atoms with Gasteiger partial charge >= 0.3 is 0 Å². The summed E-state index contributed by atoms with van der Waals surface area (Å²) < 4.78 is 6.17. The van der Waals surface area contributed by atoms with Crippen molar-refractivity contribution >= 4 is 39.9 Å². The summed E-state index contributed by atoms with van der Waals surface area (Å²) in [5.74, 6) is 0.450. The number of nitro benzene ring substituents is 1. The van der Waals surface area contributed by atoms with E-state index in [0.29, 0.717) is 20.3 Å². The molecule has 1 aromatic heterocycles. The van der Waals surface area contributed by atoms with Crippen LogP contribution in [0.5, 0.6) is 5.75 Å². The van der Waals surface area contributed by atoms with Gasteiger partial charge in [0.2, 0.25) is 0 Å². The lowest BCUT2D eigenvalue weighted by Crippen LogP contribution is -1.91. The van der Waals surface area contributed by atoms with Crippen molar-refractivity contribution in [2.75, 3.05) is 7.11 Å². The number of ether oxygens (including phenoxy) is 1. The molecule has 78 valence electrons. The van der Waals surface area contributed by atoms with E-state index < -0.39 is 4.92 Å². The van der Waals surface area contributed by atoms with Gasteiger partial charge in [-0.3, -0.25) is 10.1 Å². The van der Waals surface area contributed by atoms with Crippen LogP contribution in [0.1, 0.15) is 0 Å². The molecular weight excluding hydrogens is 236 g/mol. The van der Waals surface area contributed by atoms with Crippen LogP contribution in [0.3, 0.4) is 0 Å². The highest BCUT2D eigenvalue weighted by Gasteiger charge is 2.17. The number of nitro groups is 1. The molecule has 0 N–H and O–H groups in total. The standard InChI is InChI=1S/C8H6N2O3S2/c1-13-4-2-5(10(11)12)7-6(3-4)15-8(14)9-7/h2-3H,1H3,(H,9,14). The first kappa shape index (κ1) is 10.2. The number of nitrogens with zero attached hydrogens (tertiary/aromatic N) is 2. The molecule has 0 aliphatic carbocycles. The molecule has 2 rings (SSSR count). The summed E-state index contributed by atoms with van der Waals surface area (Å²) in [5.41, 5.74) is 0.303. The van der Waals surface area contributed by atoms with Crippen molar-refractivity contribution in [3.05, 3.63) is 22.2 Å². The fourth-order valence-corrected chi connectivity index (χ4v) is 2.38. The molecule has 0 aliphatic heterocycles. The maximum atomic E-state index is 10.8. The van der Waals surface area contributed by atoms with Crippen LogP contribution >= 0.6 is 24.0 Å². The van der Waals surface area contributed by atoms with Crippen LogP contribution in [0, 0.1) is 10.1 Å². The van der Waals surface area contributed by atoms with Gasteiger partial charge in [-0.05, 0) is 0 Å². The Kier molecular flexibility index (Phi) is 2.49. The molecule has 2 aromatic rings. The lowest BCUT2D eigenvalue weighted by molar-refractivity contribution is -0.383. The van der Waals surface area contributed by atoms with Crippen LogP contribution in [0.25, 0.3) is 10.2 Å². The minimum atomic E-state index is -0.474. The highest BCUT2D eigenvalue weighted by atomic mass is 32.2. The van der Waals surface area contributed by atoms with Gasteiger partial charge in [-0.2, -0.15) is 0 Å². The molecule has 0 spiro atoms. The Balaban J connectivity index is 2.79. The van der Waals surface area contributed by atoms with Crippen molar-refractivity contribution < 1.29 is 9.66 Å². The Hall–Kier alpha value is -1.34. The second kappa shape index (κ2) is 3.67. The van der Waals surface area contributed by atoms with Gasteiger partial charge in [-0.25, -0.2) is 4.98 Å². The van der Waals surface area contributed by atoms with E-state index in [1.807, 2.05) is 0 Å². The molecular formula is C8H6N2O3S2. The minimum absolute atomic E-state index is 0.0547. The Bertz CT molecular complexity index is 538. The van der Waals surface area contributed by atoms with Gasteiger partial charge < -0.3 is 4.74 Å². The van der Waals surface area contributed by atoms with Crippen LogP contribution in [0.2, 0.25) is 0 Å². The summed E-state index contributed by atoms with van der Waals surface area (Å²) in [7, 11) is 1.47. The zero-order chi connectivity index (χ0) is 11.0. The number of hydrogen-bond donors (Lipinski definition) is 1. The van der Waals surface area contributed by atoms with E-state index in [-0.39, 0.29) is 5.69 Å². The smallest absolute Gasteiger partial charge is 0.300 e. The molecule has 0 atom stereocenters. The van der Waals surface area contributed by atoms with Crippen molar-refractivity contribution in [3.8, 4) is 5.75 Å². The summed E-state index contributed by atoms with van der Waals surface area (Å²) in [6.07, 6.45) is 0. The molecule has 7 heteroatoms. The van der Waals surface area contributed by atoms with Crippen LogP contribution < -0.4 is 4.74 Å². The van der Waals surface area contributed by atoms with Crippen LogP contribution in [-0.4, -0.2) is 17.0 Å². The normalized spacial score (nSPS) is 10.5. The Morgan fingerprint density at radius 2 is 2.33 bits per heavy atom. The number of non-ortho nitro benzene ring substituents is 1. The van der Waals surface area contributed by atoms with E-state index in [9.17, 15) is 10.1 Å². The van der Waals surface area contributed by atoms with E-state index in [0.717, 1.165) is 0 Å². The molecule has 0 amide bonds. The van der Waals surface area contributed by atoms with Gasteiger partial charge in [-0.1, -0.05) is 0 Å². The van der Waals surface area contributed by atoms with E-state index in [2.05, 4.69) is 17.6 Å². The molecule has 0 saturated carbocycles. The summed E-state index contributed by atoms with van der Waals surface area (Å²) in [6, 6.07) is 3.06. The summed E-state index contributed by atoms with van der Waals surface area (Å²) in [6.45, 7) is 0. The first-order valence-corrected chi connectivity index (χ1v) is 5.20. The predicted octanol–water partition coefficient (Wildman–Crippen LogP) is 2.50. The lowest BCUT2D eigenvalue weighted by atomic mass is 10.3. The summed E-state index contributed by atoms with van der Waals surface area (Å²) in [4.78, 5) is 14.3. The van der Waals surface area contributed by atoms with E-state index >= 15 is 0 Å². The fraction of sp³-hybridized carbons (Fsp3) is 0.125. The third-order valence-electron chi connectivity index (χ3n) is 1.87. The van der Waals surface area contributed by atoms with Gasteiger partial charge in [0.05, 0.1) is 22.8 Å². The molecule has 0 unspecified atom stereocenters. The Labute approximate surface area is 94.3 Å². The number of thiol groups is 1. The molecule has 0 saturated heterocycles. The number of aromatic nitrogens is 1. The minimum Gasteiger partial charge on any atom is -0.496 e. The van der Waals surface area contributed by atoms with Crippen LogP contribution in [-0.2, 0) is 0 Å². The fourth-order valence-electron chi connectivity index (χ4n) is 1.23. The second-order valence-electron chi connectivity index (χ2n) is 2.75. The predicted molar refractivity (Wildman–Crippen MR) is 60.1 cm³/mol. The number of benzene rings is 1. The molecule has 15 heavy (non-hydrogen) atoms. The van der Waals surface area contributed by atoms with Gasteiger partial charge in [0, 0.05) is 6.07 Å². The average Bonchev–Trinajstić information content (AvgIpc) is 2.55. The molecule has 1 heterocycles. The zero-order valence-corrected chi connectivity index (χ0v) is 9.34. The number of rotatable bonds is 2. The number of fused-ring (bicyclic) bond motifs is 1. The average molecular weight is 242 g/mol. The SMILES string of the molecule is COc1cc([N+](=O)[O-])c2nc(S)sc2c1. The summed E-state index contributed by atoms with van der Waals surface area (Å²) in [5, 5.41) is 10.8. The quantitative estimate of drug-likeness (QED) is 0.499. The summed E-state index contributed by atoms with van der Waals surface area (Å²) >= 11 is 5.35. The highest BCUT2D eigenvalue weighted by molar-refractivity contribution is 7.82. The van der Waals surface area contributed by atoms with Crippen molar-refractivity contribution in [1.29, 1.82) is 0 Å². The number of methoxy groups -OCH3 is 1. The van der Waals surface area contributed by atoms with Crippen molar-refractivity contribution in [2.45, 2.75) is 4.34 Å². The van der Waals surface area contributed by atoms with E-state index in [1.165, 1.54) is 24.5 Å². The third-order valence-corrected chi connectivity index (χ3v) is 3.05. The zero-order valence-electron chi connectivity index (χ0n) is 7.63. The largest absolute Gasteiger partial charge is 0.496 e. The van der Waals surface area contributed by atoms with Gasteiger partial charge in [-0.15, -0.1) is 24.0 Å². The molecule has 0 radical (unpaired) electrons. The molecule has 0 bridgehead atoms. The van der Waals surface area contributed by atoms with Gasteiger partial charge in [0.1, 0.15) is 10.1 Å². The topological polar surface area (TPSA) is 65.3 Å². The Morgan fingerprint density at radius 3 is 2.93 bits per heavy atom. The number of hydrogen-bond acceptors (Lipinski definition) is 6. The first-order valence-electron chi connectivity index (χ1n) is 3.93. The van der Waals surface area contributed by atoms with Crippen molar-refractivity contribution in [1.82, 2.24) is 4.98 Å². The third kappa shape index (κ3) is 1.75. The van der Waals surface area contributed by atoms with Crippen LogP contribution in [0.4, 0.5) is 5.69 Å². The lowest BCUT2D eigenvalue weighted by Gasteiger charge is -1.99. The molecule has 0 fully saturated rings. The monoisotopic (exact) mass is 242 g/mol. The number of thiazole rings is 1. The van der Waals surface area contributed by atoms with E-state index in [1.54, 1.807) is 6.07 Å². The second-order valence-corrected chi connectivity index (χ2v) is 4.50. The molecule has 0 aliphatic rings. The Morgan fingerprint density at radius 1 is 1.60 bits per heavy atom. The van der Waals surface area contributed by atoms with Crippen molar-refractivity contribution in [3.63, 3.8) is 0 Å². The maximum absolute atomic E-state index is 10.8. The van der Waals surface area contributed by atoms with Crippen LogP contribution in [0.15, 0.2) is 16.5 Å². The first-order chi connectivity index (χ1) is 7.11. The van der Waals surface area contributed by atoms with Gasteiger partial charge in [0.15, 0.2) is 5.52 Å². The van der Waals surface area contributed by atoms with E-state index in [4.69, 9.17) is 4.74 Å². The molecule has 1 aromatic carbocycles. The maximum Gasteiger partial charge on any atom is 0.300 e. The van der Waals surface area contributed by atoms with Gasteiger partial charge in [0.25, 0.3) is 5.69 Å². The molecule has 5 nitrogen and oxygen atoms in total. The van der Waals surface area contributed by atoms with Crippen molar-refractivity contribution in [2.24, 2.45) is 0 Å².